The second-order valence-electron chi connectivity index (χ2n) is 9.00. The van der Waals surface area contributed by atoms with Gasteiger partial charge in [-0.2, -0.15) is 0 Å². The Bertz CT molecular complexity index is 836. The molecular formula is C23H36BN2O4. The Hall–Kier alpha value is -2.12. The number of aliphatic hydroxyl groups is 1. The molecule has 0 unspecified atom stereocenters. The molecule has 4 N–H and O–H groups in total. The van der Waals surface area contributed by atoms with E-state index in [0.29, 0.717) is 12.1 Å². The molecule has 1 amide bonds. The standard InChI is InChI=1S/C23H36BN2O4/c1-10-26-21(28)19(25)18(24-30-23(8,9)22(6,7)29)20(27)17-12-16(13(2)3)14(4)11-15(17)5/h11-13,29H,10,25H2,1-9H3,(H,26,28). The summed E-state index contributed by atoms with van der Waals surface area (Å²) >= 11 is 0. The van der Waals surface area contributed by atoms with Gasteiger partial charge in [0.15, 0.2) is 5.78 Å². The molecule has 0 aliphatic carbocycles. The van der Waals surface area contributed by atoms with E-state index in [2.05, 4.69) is 19.2 Å². The molecule has 0 aliphatic heterocycles. The minimum Gasteiger partial charge on any atom is -0.426 e. The van der Waals surface area contributed by atoms with Gasteiger partial charge in [0.2, 0.25) is 0 Å². The van der Waals surface area contributed by atoms with E-state index in [0.717, 1.165) is 16.7 Å². The van der Waals surface area contributed by atoms with Gasteiger partial charge in [-0.1, -0.05) is 19.9 Å². The molecule has 0 atom stereocenters. The quantitative estimate of drug-likeness (QED) is 0.327. The van der Waals surface area contributed by atoms with Crippen molar-refractivity contribution in [2.45, 2.75) is 79.4 Å². The SMILES string of the molecule is CCNC(=O)C(N)=C([B]OC(C)(C)C(C)(C)O)C(=O)c1cc(C(C)C)c(C)cc1C. The molecule has 6 nitrogen and oxygen atoms in total. The van der Waals surface area contributed by atoms with Crippen LogP contribution in [-0.4, -0.2) is 42.0 Å². The smallest absolute Gasteiger partial charge is 0.337 e. The van der Waals surface area contributed by atoms with Gasteiger partial charge in [0.05, 0.1) is 16.9 Å². The van der Waals surface area contributed by atoms with Crippen LogP contribution in [0.5, 0.6) is 0 Å². The van der Waals surface area contributed by atoms with Crippen molar-refractivity contribution in [3.05, 3.63) is 45.6 Å². The minimum absolute atomic E-state index is 0.0417. The molecule has 0 bridgehead atoms. The molecule has 0 heterocycles. The van der Waals surface area contributed by atoms with Crippen LogP contribution < -0.4 is 11.1 Å². The largest absolute Gasteiger partial charge is 0.426 e. The van der Waals surface area contributed by atoms with Crippen molar-refractivity contribution in [2.75, 3.05) is 6.54 Å². The van der Waals surface area contributed by atoms with E-state index < -0.39 is 22.9 Å². The predicted molar refractivity (Wildman–Crippen MR) is 121 cm³/mol. The van der Waals surface area contributed by atoms with Crippen molar-refractivity contribution in [3.63, 3.8) is 0 Å². The number of carbonyl (C=O) groups excluding carboxylic acids is 2. The van der Waals surface area contributed by atoms with Crippen molar-refractivity contribution in [3.8, 4) is 0 Å². The first-order valence-corrected chi connectivity index (χ1v) is 10.3. The van der Waals surface area contributed by atoms with Gasteiger partial charge in [-0.25, -0.2) is 0 Å². The van der Waals surface area contributed by atoms with Crippen LogP contribution in [0.4, 0.5) is 0 Å². The van der Waals surface area contributed by atoms with Gasteiger partial charge in [0.25, 0.3) is 5.91 Å². The van der Waals surface area contributed by atoms with Gasteiger partial charge in [0.1, 0.15) is 0 Å². The lowest BCUT2D eigenvalue weighted by Crippen LogP contribution is -2.48. The molecule has 0 saturated carbocycles. The summed E-state index contributed by atoms with van der Waals surface area (Å²) in [5, 5.41) is 13.0. The number of aryl methyl sites for hydroxylation is 2. The Morgan fingerprint density at radius 3 is 2.20 bits per heavy atom. The highest BCUT2D eigenvalue weighted by atomic mass is 16.5. The summed E-state index contributed by atoms with van der Waals surface area (Å²) in [4.78, 5) is 25.9. The zero-order valence-corrected chi connectivity index (χ0v) is 19.8. The fourth-order valence-electron chi connectivity index (χ4n) is 2.85. The molecule has 1 aromatic carbocycles. The third-order valence-corrected chi connectivity index (χ3v) is 5.54. The van der Waals surface area contributed by atoms with Crippen LogP contribution >= 0.6 is 0 Å². The first kappa shape index (κ1) is 25.9. The molecule has 1 rings (SSSR count). The topological polar surface area (TPSA) is 102 Å². The molecule has 0 aromatic heterocycles. The fraction of sp³-hybridized carbons (Fsp3) is 0.565. The average molecular weight is 415 g/mol. The van der Waals surface area contributed by atoms with E-state index >= 15 is 0 Å². The van der Waals surface area contributed by atoms with Crippen LogP contribution in [0.1, 0.15) is 81.4 Å². The molecule has 0 spiro atoms. The third kappa shape index (κ3) is 5.95. The molecule has 0 fully saturated rings. The summed E-state index contributed by atoms with van der Waals surface area (Å²) in [6, 6.07) is 3.82. The number of hydrogen-bond donors (Lipinski definition) is 3. The number of rotatable bonds is 9. The molecule has 1 aromatic rings. The van der Waals surface area contributed by atoms with Crippen molar-refractivity contribution in [1.82, 2.24) is 5.32 Å². The zero-order valence-electron chi connectivity index (χ0n) is 19.8. The monoisotopic (exact) mass is 415 g/mol. The predicted octanol–water partition coefficient (Wildman–Crippen LogP) is 3.10. The average Bonchev–Trinajstić information content (AvgIpc) is 2.60. The normalized spacial score (nSPS) is 13.2. The van der Waals surface area contributed by atoms with Gasteiger partial charge < -0.3 is 20.8 Å². The van der Waals surface area contributed by atoms with E-state index in [1.807, 2.05) is 26.0 Å². The van der Waals surface area contributed by atoms with E-state index in [9.17, 15) is 14.7 Å². The summed E-state index contributed by atoms with van der Waals surface area (Å²) in [6.07, 6.45) is 0. The Labute approximate surface area is 181 Å². The molecule has 30 heavy (non-hydrogen) atoms. The molecule has 7 heteroatoms. The van der Waals surface area contributed by atoms with Crippen LogP contribution in [0.15, 0.2) is 23.3 Å². The van der Waals surface area contributed by atoms with E-state index in [4.69, 9.17) is 10.4 Å². The number of likely N-dealkylation sites (N-methyl/N-ethyl adjacent to an activating group) is 1. The zero-order chi connectivity index (χ0) is 23.4. The number of hydrogen-bond acceptors (Lipinski definition) is 5. The lowest BCUT2D eigenvalue weighted by Gasteiger charge is -2.37. The second-order valence-corrected chi connectivity index (χ2v) is 9.00. The highest BCUT2D eigenvalue weighted by molar-refractivity contribution is 6.52. The van der Waals surface area contributed by atoms with Crippen molar-refractivity contribution in [1.29, 1.82) is 0 Å². The first-order chi connectivity index (χ1) is 13.6. The number of nitrogens with two attached hydrogens (primary N) is 1. The van der Waals surface area contributed by atoms with Gasteiger partial charge >= 0.3 is 7.48 Å². The number of benzene rings is 1. The Morgan fingerprint density at radius 2 is 1.73 bits per heavy atom. The van der Waals surface area contributed by atoms with E-state index in [1.54, 1.807) is 34.6 Å². The van der Waals surface area contributed by atoms with Crippen LogP contribution in [-0.2, 0) is 9.45 Å². The number of allylic oxidation sites excluding steroid dienone is 1. The summed E-state index contributed by atoms with van der Waals surface area (Å²) in [5.74, 6) is -0.708. The van der Waals surface area contributed by atoms with Crippen molar-refractivity contribution >= 4 is 19.2 Å². The molecule has 0 aliphatic rings. The van der Waals surface area contributed by atoms with Crippen LogP contribution in [0.2, 0.25) is 0 Å². The first-order valence-electron chi connectivity index (χ1n) is 10.3. The van der Waals surface area contributed by atoms with E-state index in [-0.39, 0.29) is 17.1 Å². The highest BCUT2D eigenvalue weighted by Gasteiger charge is 2.37. The molecule has 1 radical (unpaired) electrons. The highest BCUT2D eigenvalue weighted by Crippen LogP contribution is 2.28. The second kappa shape index (κ2) is 9.79. The fourth-order valence-corrected chi connectivity index (χ4v) is 2.85. The lowest BCUT2D eigenvalue weighted by molar-refractivity contribution is -0.117. The maximum absolute atomic E-state index is 13.5. The van der Waals surface area contributed by atoms with Crippen LogP contribution in [0.3, 0.4) is 0 Å². The van der Waals surface area contributed by atoms with Crippen LogP contribution in [0, 0.1) is 13.8 Å². The van der Waals surface area contributed by atoms with Crippen molar-refractivity contribution < 1.29 is 19.3 Å². The minimum atomic E-state index is -1.19. The maximum atomic E-state index is 13.5. The van der Waals surface area contributed by atoms with Gasteiger partial charge in [0, 0.05) is 17.6 Å². The Morgan fingerprint density at radius 1 is 1.17 bits per heavy atom. The Balaban J connectivity index is 3.49. The number of ketones is 1. The number of nitrogens with one attached hydrogen (secondary N) is 1. The van der Waals surface area contributed by atoms with Gasteiger partial charge in [-0.3, -0.25) is 9.59 Å². The van der Waals surface area contributed by atoms with Gasteiger partial charge in [-0.15, -0.1) is 0 Å². The third-order valence-electron chi connectivity index (χ3n) is 5.54. The summed E-state index contributed by atoms with van der Waals surface area (Å²) in [7, 11) is 1.19. The van der Waals surface area contributed by atoms with Crippen molar-refractivity contribution in [2.24, 2.45) is 5.73 Å². The number of carbonyl (C=O) groups is 2. The number of amides is 1. The maximum Gasteiger partial charge on any atom is 0.337 e. The summed E-state index contributed by atoms with van der Waals surface area (Å²) < 4.78 is 5.78. The Kier molecular flexibility index (Phi) is 8.46. The van der Waals surface area contributed by atoms with E-state index in [1.165, 1.54) is 7.48 Å². The lowest BCUT2D eigenvalue weighted by atomic mass is 9.76. The summed E-state index contributed by atoms with van der Waals surface area (Å²) in [6.45, 7) is 16.7. The van der Waals surface area contributed by atoms with Gasteiger partial charge in [-0.05, 0) is 77.1 Å². The summed E-state index contributed by atoms with van der Waals surface area (Å²) in [5.41, 5.74) is 7.01. The molecular weight excluding hydrogens is 379 g/mol. The molecule has 165 valence electrons. The molecule has 0 saturated heterocycles. The van der Waals surface area contributed by atoms with Crippen LogP contribution in [0.25, 0.3) is 0 Å². The number of Topliss-reactive ketones (excluding diaryl/α,β-unsaturated/α-hetero) is 1.